The first kappa shape index (κ1) is 16.2. The zero-order valence-electron chi connectivity index (χ0n) is 12.6. The van der Waals surface area contributed by atoms with Gasteiger partial charge in [0.05, 0.1) is 12.6 Å². The number of aliphatic hydroxyl groups excluding tert-OH is 1. The van der Waals surface area contributed by atoms with Crippen LogP contribution in [0.3, 0.4) is 0 Å². The third-order valence-electron chi connectivity index (χ3n) is 4.72. The number of hydrazine groups is 1. The molecule has 7 heteroatoms. The van der Waals surface area contributed by atoms with Crippen molar-refractivity contribution in [3.63, 3.8) is 0 Å². The zero-order valence-corrected chi connectivity index (χ0v) is 12.6. The number of aliphatic hydroxyl groups is 1. The van der Waals surface area contributed by atoms with E-state index >= 15 is 0 Å². The summed E-state index contributed by atoms with van der Waals surface area (Å²) in [6.45, 7) is 5.02. The summed E-state index contributed by atoms with van der Waals surface area (Å²) in [6, 6.07) is 0. The number of hydrogen-bond acceptors (Lipinski definition) is 5. The summed E-state index contributed by atoms with van der Waals surface area (Å²) < 4.78 is 0. The lowest BCUT2D eigenvalue weighted by atomic mass is 9.95. The van der Waals surface area contributed by atoms with Gasteiger partial charge in [-0.2, -0.15) is 0 Å². The molecular weight excluding hydrogens is 272 g/mol. The van der Waals surface area contributed by atoms with E-state index in [4.69, 9.17) is 5.84 Å². The molecule has 0 aromatic rings. The molecule has 0 radical (unpaired) electrons. The fraction of sp³-hybridized carbons (Fsp3) is 0.857. The average Bonchev–Trinajstić information content (AvgIpc) is 2.50. The number of piperidine rings is 2. The lowest BCUT2D eigenvalue weighted by molar-refractivity contribution is -0.137. The Kier molecular flexibility index (Phi) is 5.55. The van der Waals surface area contributed by atoms with Crippen LogP contribution in [0.5, 0.6) is 0 Å². The number of hydrogen-bond donors (Lipinski definition) is 3. The van der Waals surface area contributed by atoms with Crippen molar-refractivity contribution < 1.29 is 14.7 Å². The van der Waals surface area contributed by atoms with Crippen LogP contribution in [-0.4, -0.2) is 65.5 Å². The van der Waals surface area contributed by atoms with Gasteiger partial charge in [-0.15, -0.1) is 0 Å². The van der Waals surface area contributed by atoms with E-state index in [9.17, 15) is 14.7 Å². The predicted octanol–water partition coefficient (Wildman–Crippen LogP) is -1.08. The summed E-state index contributed by atoms with van der Waals surface area (Å²) in [6.07, 6.45) is 1.90. The number of likely N-dealkylation sites (tertiary alicyclic amines) is 2. The Morgan fingerprint density at radius 1 is 1.24 bits per heavy atom. The van der Waals surface area contributed by atoms with Crippen LogP contribution in [-0.2, 0) is 9.59 Å². The summed E-state index contributed by atoms with van der Waals surface area (Å²) >= 11 is 0. The van der Waals surface area contributed by atoms with Crippen molar-refractivity contribution >= 4 is 11.8 Å². The van der Waals surface area contributed by atoms with Crippen LogP contribution in [0.15, 0.2) is 0 Å². The van der Waals surface area contributed by atoms with E-state index in [0.717, 1.165) is 13.0 Å². The van der Waals surface area contributed by atoms with Crippen LogP contribution in [0.1, 0.15) is 26.2 Å². The van der Waals surface area contributed by atoms with Gasteiger partial charge in [-0.3, -0.25) is 19.9 Å². The van der Waals surface area contributed by atoms with Gasteiger partial charge in [0.2, 0.25) is 11.8 Å². The molecule has 0 spiro atoms. The van der Waals surface area contributed by atoms with Crippen molar-refractivity contribution in [2.75, 3.05) is 32.7 Å². The molecule has 21 heavy (non-hydrogen) atoms. The molecule has 0 saturated carbocycles. The summed E-state index contributed by atoms with van der Waals surface area (Å²) in [4.78, 5) is 27.6. The molecule has 2 aliphatic rings. The number of β-amino-alcohol motifs (C(OH)–C–C–N with tert-alkyl or cyclic N) is 1. The molecule has 4 N–H and O–H groups in total. The van der Waals surface area contributed by atoms with Crippen LogP contribution in [0, 0.1) is 11.8 Å². The van der Waals surface area contributed by atoms with Gasteiger partial charge in [-0.05, 0) is 31.7 Å². The monoisotopic (exact) mass is 298 g/mol. The van der Waals surface area contributed by atoms with Gasteiger partial charge in [-0.1, -0.05) is 6.92 Å². The standard InChI is InChI=1S/C14H26N4O3/c1-10-2-5-17(8-12(10)19)9-13(20)18-6-3-11(4-7-18)14(21)16-15/h10-12,19H,2-9,15H2,1H3,(H,16,21). The summed E-state index contributed by atoms with van der Waals surface area (Å²) in [5, 5.41) is 9.87. The quantitative estimate of drug-likeness (QED) is 0.350. The molecule has 2 fully saturated rings. The van der Waals surface area contributed by atoms with Crippen molar-refractivity contribution in [2.45, 2.75) is 32.3 Å². The second-order valence-electron chi connectivity index (χ2n) is 6.23. The van der Waals surface area contributed by atoms with E-state index in [1.54, 1.807) is 0 Å². The number of nitrogens with two attached hydrogens (primary N) is 1. The molecule has 2 unspecified atom stereocenters. The molecule has 0 aromatic heterocycles. The minimum absolute atomic E-state index is 0.0864. The highest BCUT2D eigenvalue weighted by molar-refractivity contribution is 5.80. The fourth-order valence-electron chi connectivity index (χ4n) is 3.06. The molecule has 2 rings (SSSR count). The number of nitrogens with one attached hydrogen (secondary N) is 1. The maximum Gasteiger partial charge on any atom is 0.237 e. The summed E-state index contributed by atoms with van der Waals surface area (Å²) in [7, 11) is 0. The lowest BCUT2D eigenvalue weighted by Crippen LogP contribution is -2.50. The molecule has 2 aliphatic heterocycles. The smallest absolute Gasteiger partial charge is 0.237 e. The number of amides is 2. The number of nitrogens with zero attached hydrogens (tertiary/aromatic N) is 2. The molecule has 0 aliphatic carbocycles. The second-order valence-corrected chi connectivity index (χ2v) is 6.23. The van der Waals surface area contributed by atoms with Crippen molar-refractivity contribution in [3.05, 3.63) is 0 Å². The number of rotatable bonds is 3. The highest BCUT2D eigenvalue weighted by Gasteiger charge is 2.30. The van der Waals surface area contributed by atoms with E-state index in [2.05, 4.69) is 5.43 Å². The molecule has 0 bridgehead atoms. The number of carbonyl (C=O) groups is 2. The van der Waals surface area contributed by atoms with E-state index in [1.807, 2.05) is 16.7 Å². The Bertz CT molecular complexity index is 382. The van der Waals surface area contributed by atoms with Crippen molar-refractivity contribution in [1.82, 2.24) is 15.2 Å². The maximum atomic E-state index is 12.3. The fourth-order valence-corrected chi connectivity index (χ4v) is 3.06. The minimum Gasteiger partial charge on any atom is -0.392 e. The van der Waals surface area contributed by atoms with Crippen molar-refractivity contribution in [1.29, 1.82) is 0 Å². The van der Waals surface area contributed by atoms with E-state index in [0.29, 0.717) is 44.9 Å². The van der Waals surface area contributed by atoms with Crippen LogP contribution >= 0.6 is 0 Å². The van der Waals surface area contributed by atoms with Gasteiger partial charge < -0.3 is 10.0 Å². The number of carbonyl (C=O) groups excluding carboxylic acids is 2. The van der Waals surface area contributed by atoms with Gasteiger partial charge >= 0.3 is 0 Å². The van der Waals surface area contributed by atoms with Gasteiger partial charge in [0.15, 0.2) is 0 Å². The topological polar surface area (TPSA) is 98.9 Å². The average molecular weight is 298 g/mol. The normalized spacial score (nSPS) is 28.4. The summed E-state index contributed by atoms with van der Waals surface area (Å²) in [5.41, 5.74) is 2.18. The highest BCUT2D eigenvalue weighted by Crippen LogP contribution is 2.19. The first-order valence-corrected chi connectivity index (χ1v) is 7.70. The molecular formula is C14H26N4O3. The zero-order chi connectivity index (χ0) is 15.4. The SMILES string of the molecule is CC1CCN(CC(=O)N2CCC(C(=O)NN)CC2)CC1O. The second kappa shape index (κ2) is 7.20. The van der Waals surface area contributed by atoms with Crippen LogP contribution < -0.4 is 11.3 Å². The molecule has 2 saturated heterocycles. The van der Waals surface area contributed by atoms with Gasteiger partial charge in [-0.25, -0.2) is 5.84 Å². The molecule has 2 amide bonds. The third kappa shape index (κ3) is 4.15. The minimum atomic E-state index is -0.342. The van der Waals surface area contributed by atoms with Gasteiger partial charge in [0.1, 0.15) is 0 Å². The Labute approximate surface area is 125 Å². The van der Waals surface area contributed by atoms with Crippen LogP contribution in [0.25, 0.3) is 0 Å². The van der Waals surface area contributed by atoms with Crippen LogP contribution in [0.2, 0.25) is 0 Å². The Morgan fingerprint density at radius 2 is 1.90 bits per heavy atom. The van der Waals surface area contributed by atoms with Crippen LogP contribution in [0.4, 0.5) is 0 Å². The molecule has 7 nitrogen and oxygen atoms in total. The van der Waals surface area contributed by atoms with E-state index < -0.39 is 0 Å². The third-order valence-corrected chi connectivity index (χ3v) is 4.72. The van der Waals surface area contributed by atoms with Crippen molar-refractivity contribution in [3.8, 4) is 0 Å². The molecule has 2 atom stereocenters. The Morgan fingerprint density at radius 3 is 2.48 bits per heavy atom. The largest absolute Gasteiger partial charge is 0.392 e. The first-order chi connectivity index (χ1) is 10.0. The highest BCUT2D eigenvalue weighted by atomic mass is 16.3. The van der Waals surface area contributed by atoms with E-state index in [-0.39, 0.29) is 23.8 Å². The molecule has 2 heterocycles. The van der Waals surface area contributed by atoms with Gasteiger partial charge in [0, 0.05) is 25.6 Å². The first-order valence-electron chi connectivity index (χ1n) is 7.70. The predicted molar refractivity (Wildman–Crippen MR) is 77.9 cm³/mol. The lowest BCUT2D eigenvalue weighted by Gasteiger charge is -2.36. The van der Waals surface area contributed by atoms with Gasteiger partial charge in [0.25, 0.3) is 0 Å². The maximum absolute atomic E-state index is 12.3. The Hall–Kier alpha value is -1.18. The molecule has 120 valence electrons. The van der Waals surface area contributed by atoms with E-state index in [1.165, 1.54) is 0 Å². The summed E-state index contributed by atoms with van der Waals surface area (Å²) in [5.74, 6) is 5.30. The Balaban J connectivity index is 1.76. The van der Waals surface area contributed by atoms with Crippen molar-refractivity contribution in [2.24, 2.45) is 17.7 Å². The molecule has 0 aromatic carbocycles.